The molecule has 1 aromatic carbocycles. The zero-order valence-electron chi connectivity index (χ0n) is 13.8. The van der Waals surface area contributed by atoms with Gasteiger partial charge in [0.05, 0.1) is 19.3 Å². The van der Waals surface area contributed by atoms with Crippen LogP contribution in [0.25, 0.3) is 0 Å². The summed E-state index contributed by atoms with van der Waals surface area (Å²) in [6.07, 6.45) is -4.63. The molecule has 134 valence electrons. The van der Waals surface area contributed by atoms with Crippen LogP contribution in [0.2, 0.25) is 0 Å². The van der Waals surface area contributed by atoms with Gasteiger partial charge in [0, 0.05) is 12.8 Å². The minimum atomic E-state index is -1.33. The zero-order chi connectivity index (χ0) is 17.9. The summed E-state index contributed by atoms with van der Waals surface area (Å²) in [4.78, 5) is 12.1. The van der Waals surface area contributed by atoms with Crippen molar-refractivity contribution in [2.24, 2.45) is 0 Å². The number of rotatable bonds is 6. The lowest BCUT2D eigenvalue weighted by atomic mass is 9.92. The topological polar surface area (TPSA) is 116 Å². The first-order chi connectivity index (χ1) is 11.3. The Morgan fingerprint density at radius 1 is 1.21 bits per heavy atom. The molecule has 1 heterocycles. The number of aliphatic hydroxyl groups is 3. The van der Waals surface area contributed by atoms with Crippen LogP contribution in [-0.2, 0) is 16.0 Å². The summed E-state index contributed by atoms with van der Waals surface area (Å²) in [6.45, 7) is 1.58. The van der Waals surface area contributed by atoms with Gasteiger partial charge in [0.2, 0.25) is 0 Å². The van der Waals surface area contributed by atoms with Crippen LogP contribution in [0, 0.1) is 0 Å². The average molecular weight is 340 g/mol. The highest BCUT2D eigenvalue weighted by Gasteiger charge is 2.42. The number of phenolic OH excluding ortho intramolecular Hbond substituents is 1. The van der Waals surface area contributed by atoms with E-state index in [1.54, 1.807) is 19.1 Å². The Morgan fingerprint density at radius 3 is 2.58 bits per heavy atom. The van der Waals surface area contributed by atoms with Crippen molar-refractivity contribution in [1.82, 2.24) is 0 Å². The van der Waals surface area contributed by atoms with Crippen molar-refractivity contribution >= 4 is 5.78 Å². The smallest absolute Gasteiger partial charge is 0.160 e. The van der Waals surface area contributed by atoms with Crippen LogP contribution in [0.5, 0.6) is 11.5 Å². The molecule has 2 rings (SSSR count). The second-order valence-corrected chi connectivity index (χ2v) is 6.10. The van der Waals surface area contributed by atoms with E-state index in [1.807, 2.05) is 0 Å². The molecule has 0 spiro atoms. The van der Waals surface area contributed by atoms with Gasteiger partial charge in [-0.25, -0.2) is 0 Å². The van der Waals surface area contributed by atoms with Crippen LogP contribution in [-0.4, -0.2) is 63.8 Å². The number of Topliss-reactive ketones (excluding diaryl/α,β-unsaturated/α-hetero) is 1. The van der Waals surface area contributed by atoms with Gasteiger partial charge in [-0.15, -0.1) is 0 Å². The third-order valence-corrected chi connectivity index (χ3v) is 4.32. The highest BCUT2D eigenvalue weighted by atomic mass is 16.5. The third-order valence-electron chi connectivity index (χ3n) is 4.32. The Balaban J connectivity index is 1.89. The number of phenols is 1. The number of benzene rings is 1. The van der Waals surface area contributed by atoms with Gasteiger partial charge in [-0.1, -0.05) is 6.07 Å². The Hall–Kier alpha value is -1.67. The highest BCUT2D eigenvalue weighted by molar-refractivity contribution is 5.79. The fourth-order valence-electron chi connectivity index (χ4n) is 2.79. The van der Waals surface area contributed by atoms with Gasteiger partial charge < -0.3 is 29.9 Å². The number of carbonyl (C=O) groups excluding carboxylic acids is 1. The Bertz CT molecular complexity index is 574. The lowest BCUT2D eigenvalue weighted by molar-refractivity contribution is -0.217. The molecule has 0 amide bonds. The maximum atomic E-state index is 12.1. The molecule has 0 bridgehead atoms. The Labute approximate surface area is 140 Å². The normalized spacial score (nSPS) is 30.1. The first kappa shape index (κ1) is 18.7. The summed E-state index contributed by atoms with van der Waals surface area (Å²) in [5, 5.41) is 38.9. The summed E-state index contributed by atoms with van der Waals surface area (Å²) >= 11 is 0. The van der Waals surface area contributed by atoms with E-state index in [-0.39, 0.29) is 24.4 Å². The van der Waals surface area contributed by atoms with Crippen molar-refractivity contribution in [3.8, 4) is 11.5 Å². The van der Waals surface area contributed by atoms with Gasteiger partial charge in [0.25, 0.3) is 0 Å². The minimum absolute atomic E-state index is 0.0350. The monoisotopic (exact) mass is 340 g/mol. The lowest BCUT2D eigenvalue weighted by Crippen LogP contribution is -2.56. The number of ketones is 1. The quantitative estimate of drug-likeness (QED) is 0.583. The van der Waals surface area contributed by atoms with Crippen LogP contribution in [0.4, 0.5) is 0 Å². The summed E-state index contributed by atoms with van der Waals surface area (Å²) in [5.74, 6) is 0.256. The van der Waals surface area contributed by atoms with Crippen molar-refractivity contribution in [3.63, 3.8) is 0 Å². The molecule has 24 heavy (non-hydrogen) atoms. The van der Waals surface area contributed by atoms with E-state index >= 15 is 0 Å². The van der Waals surface area contributed by atoms with Gasteiger partial charge in [-0.2, -0.15) is 0 Å². The van der Waals surface area contributed by atoms with Crippen LogP contribution in [0.15, 0.2) is 18.2 Å². The molecule has 7 heteroatoms. The number of methoxy groups -OCH3 is 1. The molecule has 1 aromatic rings. The van der Waals surface area contributed by atoms with Gasteiger partial charge in [0.15, 0.2) is 11.5 Å². The third kappa shape index (κ3) is 4.24. The second kappa shape index (κ2) is 7.94. The van der Waals surface area contributed by atoms with Crippen LogP contribution in [0.3, 0.4) is 0 Å². The molecule has 0 aliphatic carbocycles. The molecule has 1 fully saturated rings. The van der Waals surface area contributed by atoms with E-state index in [9.17, 15) is 25.2 Å². The van der Waals surface area contributed by atoms with Crippen molar-refractivity contribution in [2.45, 2.75) is 56.7 Å². The zero-order valence-corrected chi connectivity index (χ0v) is 13.8. The molecule has 1 saturated heterocycles. The fourth-order valence-corrected chi connectivity index (χ4v) is 2.79. The summed E-state index contributed by atoms with van der Waals surface area (Å²) in [7, 11) is 1.45. The number of aliphatic hydroxyl groups excluding tert-OH is 3. The molecular formula is C17H24O7. The number of aromatic hydroxyl groups is 1. The van der Waals surface area contributed by atoms with Crippen molar-refractivity contribution in [3.05, 3.63) is 23.8 Å². The molecular weight excluding hydrogens is 316 g/mol. The standard InChI is InChI=1S/C17H24O7/c1-9-15(20)17(22)16(21)14(24-9)8-11(18)5-3-10-4-6-12(19)13(7-10)23-2/h4,6-7,9,14-17,19-22H,3,5,8H2,1-2H3/t9-,14-,15-,16-,17+/m0/s1. The van der Waals surface area contributed by atoms with E-state index < -0.39 is 30.5 Å². The largest absolute Gasteiger partial charge is 0.504 e. The Kier molecular flexibility index (Phi) is 6.17. The molecule has 5 atom stereocenters. The average Bonchev–Trinajstić information content (AvgIpc) is 2.57. The van der Waals surface area contributed by atoms with E-state index in [4.69, 9.17) is 9.47 Å². The number of carbonyl (C=O) groups is 1. The molecule has 0 unspecified atom stereocenters. The van der Waals surface area contributed by atoms with Crippen molar-refractivity contribution in [1.29, 1.82) is 0 Å². The van der Waals surface area contributed by atoms with Crippen LogP contribution < -0.4 is 4.74 Å². The van der Waals surface area contributed by atoms with Crippen LogP contribution >= 0.6 is 0 Å². The van der Waals surface area contributed by atoms with E-state index in [1.165, 1.54) is 13.2 Å². The maximum Gasteiger partial charge on any atom is 0.160 e. The summed E-state index contributed by atoms with van der Waals surface area (Å²) in [6, 6.07) is 4.88. The first-order valence-corrected chi connectivity index (χ1v) is 7.90. The van der Waals surface area contributed by atoms with Gasteiger partial charge in [0.1, 0.15) is 24.1 Å². The van der Waals surface area contributed by atoms with E-state index in [0.29, 0.717) is 12.2 Å². The predicted octanol–water partition coefficient (Wildman–Crippen LogP) is 0.163. The highest BCUT2D eigenvalue weighted by Crippen LogP contribution is 2.27. The number of ether oxygens (including phenoxy) is 2. The molecule has 0 aromatic heterocycles. The van der Waals surface area contributed by atoms with Crippen molar-refractivity contribution < 1.29 is 34.7 Å². The number of hydrogen-bond acceptors (Lipinski definition) is 7. The van der Waals surface area contributed by atoms with Gasteiger partial charge in [-0.05, 0) is 31.0 Å². The molecule has 4 N–H and O–H groups in total. The minimum Gasteiger partial charge on any atom is -0.504 e. The fraction of sp³-hybridized carbons (Fsp3) is 0.588. The molecule has 0 saturated carbocycles. The summed E-state index contributed by atoms with van der Waals surface area (Å²) in [5.41, 5.74) is 0.840. The SMILES string of the molecule is COc1cc(CCC(=O)C[C@@H]2O[C@@H](C)[C@H](O)[C@@H](O)[C@H]2O)ccc1O. The Morgan fingerprint density at radius 2 is 1.92 bits per heavy atom. The summed E-state index contributed by atoms with van der Waals surface area (Å²) < 4.78 is 10.4. The first-order valence-electron chi connectivity index (χ1n) is 7.90. The molecule has 1 aliphatic rings. The molecule has 1 aliphatic heterocycles. The van der Waals surface area contributed by atoms with Gasteiger partial charge >= 0.3 is 0 Å². The van der Waals surface area contributed by atoms with E-state index in [2.05, 4.69) is 0 Å². The number of aryl methyl sites for hydroxylation is 1. The van der Waals surface area contributed by atoms with Crippen LogP contribution in [0.1, 0.15) is 25.3 Å². The van der Waals surface area contributed by atoms with Crippen molar-refractivity contribution in [2.75, 3.05) is 7.11 Å². The predicted molar refractivity (Wildman–Crippen MR) is 85.0 cm³/mol. The van der Waals surface area contributed by atoms with E-state index in [0.717, 1.165) is 5.56 Å². The number of hydrogen-bond donors (Lipinski definition) is 4. The lowest BCUT2D eigenvalue weighted by Gasteiger charge is -2.39. The molecule has 0 radical (unpaired) electrons. The molecule has 7 nitrogen and oxygen atoms in total. The van der Waals surface area contributed by atoms with Gasteiger partial charge in [-0.3, -0.25) is 4.79 Å². The maximum absolute atomic E-state index is 12.1. The second-order valence-electron chi connectivity index (χ2n) is 6.10.